The number of rotatable bonds is 17. The number of sulfone groups is 1. The first-order valence-electron chi connectivity index (χ1n) is 14.1. The summed E-state index contributed by atoms with van der Waals surface area (Å²) in [5, 5.41) is 8.70. The lowest BCUT2D eigenvalue weighted by Crippen LogP contribution is -2.16. The van der Waals surface area contributed by atoms with Gasteiger partial charge in [0.05, 0.1) is 30.5 Å². The van der Waals surface area contributed by atoms with Crippen LogP contribution in [0.15, 0.2) is 77.7 Å². The highest BCUT2D eigenvalue weighted by Gasteiger charge is 2.19. The van der Waals surface area contributed by atoms with Gasteiger partial charge in [0.25, 0.3) is 0 Å². The Hall–Kier alpha value is -3.19. The lowest BCUT2D eigenvalue weighted by Gasteiger charge is -2.14. The Labute approximate surface area is 240 Å². The van der Waals surface area contributed by atoms with Crippen LogP contribution >= 0.6 is 0 Å². The maximum Gasteiger partial charge on any atom is 0.178 e. The van der Waals surface area contributed by atoms with Crippen LogP contribution in [0.25, 0.3) is 24.3 Å². The molecule has 0 aliphatic rings. The van der Waals surface area contributed by atoms with E-state index >= 15 is 0 Å². The van der Waals surface area contributed by atoms with Crippen molar-refractivity contribution in [2.45, 2.75) is 44.4 Å². The first-order chi connectivity index (χ1) is 19.4. The average Bonchev–Trinajstić information content (AvgIpc) is 2.98. The zero-order chi connectivity index (χ0) is 28.6. The van der Waals surface area contributed by atoms with E-state index in [2.05, 4.69) is 50.3 Å². The largest absolute Gasteiger partial charge is 0.491 e. The fourth-order valence-electron chi connectivity index (χ4n) is 4.25. The molecule has 0 heterocycles. The molecule has 3 aromatic rings. The maximum absolute atomic E-state index is 12.9. The zero-order valence-electron chi connectivity index (χ0n) is 23.7. The normalized spacial score (nSPS) is 12.8. The van der Waals surface area contributed by atoms with Crippen molar-refractivity contribution in [1.29, 1.82) is 0 Å². The highest BCUT2D eigenvalue weighted by atomic mass is 32.2. The van der Waals surface area contributed by atoms with Crippen molar-refractivity contribution in [1.82, 2.24) is 0 Å². The summed E-state index contributed by atoms with van der Waals surface area (Å²) in [6, 6.07) is 23.3. The number of ether oxygens (including phenoxy) is 2. The van der Waals surface area contributed by atoms with Gasteiger partial charge in [-0.05, 0) is 58.9 Å². The molecule has 0 aliphatic carbocycles. The SMILES string of the molecule is CCCCC(CC)CS(=O)(=O)c1ccc(/C=C/c2ccc(/C=C/c3ccc(OCCOCCO)cc3)cc2)cc1. The molecule has 0 spiro atoms. The lowest BCUT2D eigenvalue weighted by atomic mass is 10.0. The van der Waals surface area contributed by atoms with Crippen molar-refractivity contribution >= 4 is 34.1 Å². The fourth-order valence-corrected chi connectivity index (χ4v) is 6.02. The molecule has 40 heavy (non-hydrogen) atoms. The molecule has 0 saturated carbocycles. The second-order valence-electron chi connectivity index (χ2n) is 9.85. The molecule has 1 atom stereocenters. The molecule has 0 aliphatic heterocycles. The van der Waals surface area contributed by atoms with E-state index in [0.29, 0.717) is 24.7 Å². The van der Waals surface area contributed by atoms with Gasteiger partial charge in [-0.15, -0.1) is 0 Å². The summed E-state index contributed by atoms with van der Waals surface area (Å²) >= 11 is 0. The van der Waals surface area contributed by atoms with Crippen LogP contribution in [0.4, 0.5) is 0 Å². The summed E-state index contributed by atoms with van der Waals surface area (Å²) in [4.78, 5) is 0.404. The van der Waals surface area contributed by atoms with Gasteiger partial charge in [0.1, 0.15) is 12.4 Å². The molecular weight excluding hydrogens is 520 g/mol. The second-order valence-corrected chi connectivity index (χ2v) is 11.9. The van der Waals surface area contributed by atoms with Gasteiger partial charge < -0.3 is 14.6 Å². The Bertz CT molecular complexity index is 1290. The number of benzene rings is 3. The first kappa shape index (κ1) is 31.3. The number of aliphatic hydroxyl groups excluding tert-OH is 1. The summed E-state index contributed by atoms with van der Waals surface area (Å²) in [5.74, 6) is 1.23. The standard InChI is InChI=1S/C34H42O5S/c1-3-5-6-28(4-2)27-40(36,37)34-21-17-32(18-22-34)14-12-30-9-7-29(8-10-30)11-13-31-15-19-33(20-16-31)39-26-25-38-24-23-35/h7-22,28,35H,3-6,23-27H2,1-2H3/b13-11+,14-12+. The summed E-state index contributed by atoms with van der Waals surface area (Å²) in [5.41, 5.74) is 4.20. The molecule has 214 valence electrons. The molecule has 5 nitrogen and oxygen atoms in total. The highest BCUT2D eigenvalue weighted by molar-refractivity contribution is 7.91. The van der Waals surface area contributed by atoms with Crippen LogP contribution in [0.1, 0.15) is 61.8 Å². The molecule has 3 aromatic carbocycles. The molecule has 0 aromatic heterocycles. The zero-order valence-corrected chi connectivity index (χ0v) is 24.5. The van der Waals surface area contributed by atoms with Gasteiger partial charge in [0.15, 0.2) is 9.84 Å². The molecule has 0 saturated heterocycles. The van der Waals surface area contributed by atoms with Crippen molar-refractivity contribution in [3.05, 3.63) is 95.1 Å². The van der Waals surface area contributed by atoms with Crippen LogP contribution in [-0.4, -0.2) is 45.7 Å². The van der Waals surface area contributed by atoms with Gasteiger partial charge in [-0.3, -0.25) is 0 Å². The van der Waals surface area contributed by atoms with Crippen molar-refractivity contribution in [3.63, 3.8) is 0 Å². The van der Waals surface area contributed by atoms with E-state index in [4.69, 9.17) is 14.6 Å². The lowest BCUT2D eigenvalue weighted by molar-refractivity contribution is 0.0705. The third-order valence-electron chi connectivity index (χ3n) is 6.72. The van der Waals surface area contributed by atoms with Crippen molar-refractivity contribution in [2.75, 3.05) is 32.2 Å². The monoisotopic (exact) mass is 562 g/mol. The van der Waals surface area contributed by atoms with Gasteiger partial charge in [-0.1, -0.05) is 106 Å². The quantitative estimate of drug-likeness (QED) is 0.137. The average molecular weight is 563 g/mol. The third kappa shape index (κ3) is 10.8. The minimum Gasteiger partial charge on any atom is -0.491 e. The molecule has 1 N–H and O–H groups in total. The molecule has 0 radical (unpaired) electrons. The highest BCUT2D eigenvalue weighted by Crippen LogP contribution is 2.21. The van der Waals surface area contributed by atoms with Crippen LogP contribution < -0.4 is 4.74 Å². The van der Waals surface area contributed by atoms with Gasteiger partial charge in [-0.25, -0.2) is 8.42 Å². The molecule has 1 unspecified atom stereocenters. The molecular formula is C34H42O5S. The van der Waals surface area contributed by atoms with Crippen LogP contribution in [0.3, 0.4) is 0 Å². The predicted octanol–water partition coefficient (Wildman–Crippen LogP) is 7.41. The molecule has 6 heteroatoms. The van der Waals surface area contributed by atoms with E-state index in [1.54, 1.807) is 12.1 Å². The number of unbranched alkanes of at least 4 members (excludes halogenated alkanes) is 1. The Kier molecular flexibility index (Phi) is 13.2. The first-order valence-corrected chi connectivity index (χ1v) is 15.8. The minimum absolute atomic E-state index is 0.0175. The number of hydrogen-bond acceptors (Lipinski definition) is 5. The van der Waals surface area contributed by atoms with E-state index in [0.717, 1.165) is 53.7 Å². The second kappa shape index (κ2) is 16.8. The van der Waals surface area contributed by atoms with E-state index in [9.17, 15) is 8.42 Å². The summed E-state index contributed by atoms with van der Waals surface area (Å²) in [6.45, 7) is 5.45. The molecule has 0 amide bonds. The summed E-state index contributed by atoms with van der Waals surface area (Å²) in [7, 11) is -3.27. The predicted molar refractivity (Wildman–Crippen MR) is 166 cm³/mol. The van der Waals surface area contributed by atoms with Crippen molar-refractivity contribution in [2.24, 2.45) is 5.92 Å². The molecule has 0 bridgehead atoms. The Morgan fingerprint density at radius 2 is 1.23 bits per heavy atom. The minimum atomic E-state index is -3.27. The van der Waals surface area contributed by atoms with Gasteiger partial charge in [0, 0.05) is 0 Å². The van der Waals surface area contributed by atoms with E-state index in [1.807, 2.05) is 48.6 Å². The fraction of sp³-hybridized carbons (Fsp3) is 0.353. The molecule has 3 rings (SSSR count). The summed E-state index contributed by atoms with van der Waals surface area (Å²) < 4.78 is 36.6. The van der Waals surface area contributed by atoms with E-state index < -0.39 is 9.84 Å². The van der Waals surface area contributed by atoms with Crippen LogP contribution in [0.5, 0.6) is 5.75 Å². The Morgan fingerprint density at radius 3 is 1.70 bits per heavy atom. The van der Waals surface area contributed by atoms with Crippen LogP contribution in [0, 0.1) is 5.92 Å². The van der Waals surface area contributed by atoms with Crippen molar-refractivity contribution < 1.29 is 23.0 Å². The topological polar surface area (TPSA) is 72.8 Å². The van der Waals surface area contributed by atoms with Gasteiger partial charge >= 0.3 is 0 Å². The smallest absolute Gasteiger partial charge is 0.178 e. The summed E-state index contributed by atoms with van der Waals surface area (Å²) in [6.07, 6.45) is 12.2. The van der Waals surface area contributed by atoms with Crippen LogP contribution in [-0.2, 0) is 14.6 Å². The Balaban J connectivity index is 1.51. The number of aliphatic hydroxyl groups is 1. The maximum atomic E-state index is 12.9. The van der Waals surface area contributed by atoms with Gasteiger partial charge in [-0.2, -0.15) is 0 Å². The van der Waals surface area contributed by atoms with E-state index in [1.165, 1.54) is 0 Å². The van der Waals surface area contributed by atoms with Crippen LogP contribution in [0.2, 0.25) is 0 Å². The third-order valence-corrected chi connectivity index (χ3v) is 8.62. The molecule has 0 fully saturated rings. The number of hydrogen-bond donors (Lipinski definition) is 1. The van der Waals surface area contributed by atoms with E-state index in [-0.39, 0.29) is 18.3 Å². The van der Waals surface area contributed by atoms with Gasteiger partial charge in [0.2, 0.25) is 0 Å². The van der Waals surface area contributed by atoms with Crippen molar-refractivity contribution in [3.8, 4) is 5.75 Å². The Morgan fingerprint density at radius 1 is 0.725 bits per heavy atom.